The van der Waals surface area contributed by atoms with Gasteiger partial charge in [0.2, 0.25) is 5.91 Å². The zero-order chi connectivity index (χ0) is 22.4. The largest absolute Gasteiger partial charge is 0.325 e. The lowest BCUT2D eigenvalue weighted by Gasteiger charge is -2.51. The molecule has 0 aromatic carbocycles. The molecule has 1 aliphatic carbocycles. The lowest BCUT2D eigenvalue weighted by molar-refractivity contribution is -0.142. The van der Waals surface area contributed by atoms with Gasteiger partial charge < -0.3 is 9.80 Å². The zero-order valence-electron chi connectivity index (χ0n) is 18.6. The molecule has 0 saturated carbocycles. The Labute approximate surface area is 186 Å². The third-order valence-electron chi connectivity index (χ3n) is 7.32. The Morgan fingerprint density at radius 1 is 1.16 bits per heavy atom. The molecule has 0 bridgehead atoms. The lowest BCUT2D eigenvalue weighted by Crippen LogP contribution is -2.60. The molecule has 5 heteroatoms. The molecule has 31 heavy (non-hydrogen) atoms. The number of rotatable bonds is 11. The molecule has 4 atom stereocenters. The average molecular weight is 425 g/mol. The molecular formula is C26H36N2O3. The monoisotopic (exact) mass is 424 g/mol. The first-order valence-corrected chi connectivity index (χ1v) is 11.6. The SMILES string of the molecule is C=CCCCCN1CC[C@H]2C(C=O)=CC(=O)[C@@H]3N(C(=O)CCCC=C)[C@@H](C=C)C[C@@]32C1. The van der Waals surface area contributed by atoms with Gasteiger partial charge in [0.05, 0.1) is 6.04 Å². The molecule has 2 fully saturated rings. The summed E-state index contributed by atoms with van der Waals surface area (Å²) in [7, 11) is 0. The molecule has 5 nitrogen and oxygen atoms in total. The molecule has 2 aliphatic heterocycles. The van der Waals surface area contributed by atoms with Crippen molar-refractivity contribution in [3.63, 3.8) is 0 Å². The zero-order valence-corrected chi connectivity index (χ0v) is 18.6. The molecule has 1 spiro atoms. The maximum absolute atomic E-state index is 13.3. The van der Waals surface area contributed by atoms with Gasteiger partial charge in [0.1, 0.15) is 12.3 Å². The van der Waals surface area contributed by atoms with E-state index in [1.54, 1.807) is 4.90 Å². The smallest absolute Gasteiger partial charge is 0.223 e. The molecule has 0 aromatic rings. The number of amides is 1. The highest BCUT2D eigenvalue weighted by molar-refractivity contribution is 6.03. The second-order valence-corrected chi connectivity index (χ2v) is 9.19. The molecule has 2 saturated heterocycles. The number of likely N-dealkylation sites (tertiary alicyclic amines) is 2. The fourth-order valence-electron chi connectivity index (χ4n) is 6.00. The Kier molecular flexibility index (Phi) is 7.82. The van der Waals surface area contributed by atoms with Crippen LogP contribution in [0.2, 0.25) is 0 Å². The molecule has 1 amide bonds. The number of carbonyl (C=O) groups is 3. The topological polar surface area (TPSA) is 57.7 Å². The number of piperidine rings is 1. The van der Waals surface area contributed by atoms with Crippen molar-refractivity contribution >= 4 is 18.0 Å². The lowest BCUT2D eigenvalue weighted by atomic mass is 9.59. The van der Waals surface area contributed by atoms with Crippen molar-refractivity contribution in [1.29, 1.82) is 0 Å². The molecule has 3 rings (SSSR count). The van der Waals surface area contributed by atoms with Crippen molar-refractivity contribution in [2.45, 2.75) is 63.5 Å². The van der Waals surface area contributed by atoms with E-state index in [2.05, 4.69) is 24.6 Å². The van der Waals surface area contributed by atoms with Gasteiger partial charge in [-0.25, -0.2) is 0 Å². The van der Waals surface area contributed by atoms with Crippen LogP contribution in [0, 0.1) is 11.3 Å². The molecule has 0 aromatic heterocycles. The van der Waals surface area contributed by atoms with E-state index in [-0.39, 0.29) is 23.7 Å². The van der Waals surface area contributed by atoms with Crippen LogP contribution in [0.4, 0.5) is 0 Å². The van der Waals surface area contributed by atoms with Gasteiger partial charge in [-0.15, -0.1) is 19.7 Å². The second kappa shape index (κ2) is 10.4. The van der Waals surface area contributed by atoms with E-state index < -0.39 is 11.5 Å². The highest BCUT2D eigenvalue weighted by atomic mass is 16.2. The number of hydrogen-bond donors (Lipinski definition) is 0. The molecule has 3 aliphatic rings. The predicted molar refractivity (Wildman–Crippen MR) is 123 cm³/mol. The van der Waals surface area contributed by atoms with Gasteiger partial charge in [0, 0.05) is 18.4 Å². The van der Waals surface area contributed by atoms with Crippen LogP contribution in [0.25, 0.3) is 0 Å². The molecule has 0 unspecified atom stereocenters. The van der Waals surface area contributed by atoms with Crippen LogP contribution in [0.5, 0.6) is 0 Å². The van der Waals surface area contributed by atoms with Crippen LogP contribution in [0.3, 0.4) is 0 Å². The Balaban J connectivity index is 1.90. The summed E-state index contributed by atoms with van der Waals surface area (Å²) in [6.07, 6.45) is 14.6. The Hall–Kier alpha value is -2.27. The normalized spacial score (nSPS) is 30.2. The molecule has 2 heterocycles. The first kappa shape index (κ1) is 23.4. The number of allylic oxidation sites excluding steroid dienone is 3. The highest BCUT2D eigenvalue weighted by Gasteiger charge is 2.62. The van der Waals surface area contributed by atoms with Crippen LogP contribution in [0.15, 0.2) is 49.6 Å². The van der Waals surface area contributed by atoms with Crippen LogP contribution in [-0.2, 0) is 14.4 Å². The van der Waals surface area contributed by atoms with Crippen molar-refractivity contribution in [2.75, 3.05) is 19.6 Å². The van der Waals surface area contributed by atoms with E-state index in [0.29, 0.717) is 18.4 Å². The summed E-state index contributed by atoms with van der Waals surface area (Å²) in [5.41, 5.74) is 0.197. The summed E-state index contributed by atoms with van der Waals surface area (Å²) < 4.78 is 0. The van der Waals surface area contributed by atoms with E-state index >= 15 is 0 Å². The van der Waals surface area contributed by atoms with Crippen LogP contribution in [-0.4, -0.2) is 59.5 Å². The highest BCUT2D eigenvalue weighted by Crippen LogP contribution is 2.55. The summed E-state index contributed by atoms with van der Waals surface area (Å²) in [6, 6.07) is -0.677. The van der Waals surface area contributed by atoms with Gasteiger partial charge in [0.25, 0.3) is 0 Å². The first-order chi connectivity index (χ1) is 15.0. The quantitative estimate of drug-likeness (QED) is 0.287. The fraction of sp³-hybridized carbons (Fsp3) is 0.577. The maximum Gasteiger partial charge on any atom is 0.223 e. The second-order valence-electron chi connectivity index (χ2n) is 9.19. The Morgan fingerprint density at radius 2 is 1.90 bits per heavy atom. The summed E-state index contributed by atoms with van der Waals surface area (Å²) in [6.45, 7) is 14.1. The van der Waals surface area contributed by atoms with E-state index in [1.165, 1.54) is 6.08 Å². The maximum atomic E-state index is 13.3. The minimum Gasteiger partial charge on any atom is -0.325 e. The summed E-state index contributed by atoms with van der Waals surface area (Å²) in [5.74, 6) is -0.0781. The number of hydrogen-bond acceptors (Lipinski definition) is 4. The Morgan fingerprint density at radius 3 is 2.58 bits per heavy atom. The molecule has 0 N–H and O–H groups in total. The van der Waals surface area contributed by atoms with Gasteiger partial charge in [-0.3, -0.25) is 14.4 Å². The number of carbonyl (C=O) groups excluding carboxylic acids is 3. The van der Waals surface area contributed by atoms with Crippen molar-refractivity contribution in [2.24, 2.45) is 11.3 Å². The van der Waals surface area contributed by atoms with Gasteiger partial charge in [0.15, 0.2) is 5.78 Å². The van der Waals surface area contributed by atoms with Crippen molar-refractivity contribution in [1.82, 2.24) is 9.80 Å². The minimum atomic E-state index is -0.503. The predicted octanol–water partition coefficient (Wildman–Crippen LogP) is 3.87. The van der Waals surface area contributed by atoms with E-state index in [1.807, 2.05) is 18.2 Å². The van der Waals surface area contributed by atoms with Crippen LogP contribution >= 0.6 is 0 Å². The third kappa shape index (κ3) is 4.52. The van der Waals surface area contributed by atoms with Crippen molar-refractivity contribution in [3.8, 4) is 0 Å². The number of nitrogens with zero attached hydrogens (tertiary/aromatic N) is 2. The molecule has 168 valence electrons. The standard InChI is InChI=1S/C26H36N2O3/c1-4-7-9-11-14-27-15-13-22-20(18-29)16-23(30)25-26(22,19-27)17-21(6-3)28(25)24(31)12-10-8-5-2/h4-6,16,18,21-22,25H,1-3,7-15,17,19H2/t21-,22-,25-,26-/m0/s1. The van der Waals surface area contributed by atoms with Crippen molar-refractivity contribution < 1.29 is 14.4 Å². The number of unbranched alkanes of at least 4 members (excludes halogenated alkanes) is 3. The molecule has 0 radical (unpaired) electrons. The van der Waals surface area contributed by atoms with Gasteiger partial charge in [-0.2, -0.15) is 0 Å². The fourth-order valence-corrected chi connectivity index (χ4v) is 6.00. The Bertz CT molecular complexity index is 771. The minimum absolute atomic E-state index is 0.00628. The first-order valence-electron chi connectivity index (χ1n) is 11.6. The van der Waals surface area contributed by atoms with Crippen LogP contribution < -0.4 is 0 Å². The van der Waals surface area contributed by atoms with E-state index in [4.69, 9.17) is 0 Å². The van der Waals surface area contributed by atoms with E-state index in [9.17, 15) is 14.4 Å². The van der Waals surface area contributed by atoms with Gasteiger partial charge >= 0.3 is 0 Å². The van der Waals surface area contributed by atoms with Gasteiger partial charge in [-0.1, -0.05) is 18.2 Å². The van der Waals surface area contributed by atoms with Crippen LogP contribution in [0.1, 0.15) is 51.4 Å². The number of aldehydes is 1. The van der Waals surface area contributed by atoms with Gasteiger partial charge in [-0.05, 0) is 75.6 Å². The third-order valence-corrected chi connectivity index (χ3v) is 7.32. The summed E-state index contributed by atoms with van der Waals surface area (Å²) >= 11 is 0. The summed E-state index contributed by atoms with van der Waals surface area (Å²) in [4.78, 5) is 42.6. The van der Waals surface area contributed by atoms with E-state index in [0.717, 1.165) is 64.4 Å². The molecular weight excluding hydrogens is 388 g/mol. The van der Waals surface area contributed by atoms with Crippen molar-refractivity contribution in [3.05, 3.63) is 49.6 Å². The average Bonchev–Trinajstić information content (AvgIpc) is 3.11. The summed E-state index contributed by atoms with van der Waals surface area (Å²) in [5, 5.41) is 0. The number of ketones is 1.